The molecule has 3 aromatic rings. The summed E-state index contributed by atoms with van der Waals surface area (Å²) in [6.45, 7) is 1.59. The molecular formula is C21H18F2N2O2. The predicted molar refractivity (Wildman–Crippen MR) is 97.3 cm³/mol. The van der Waals surface area contributed by atoms with E-state index in [1.54, 1.807) is 18.5 Å². The fourth-order valence-electron chi connectivity index (χ4n) is 3.29. The molecular weight excluding hydrogens is 350 g/mol. The van der Waals surface area contributed by atoms with Gasteiger partial charge in [-0.15, -0.1) is 0 Å². The van der Waals surface area contributed by atoms with Gasteiger partial charge in [0.25, 0.3) is 0 Å². The van der Waals surface area contributed by atoms with Gasteiger partial charge >= 0.3 is 0 Å². The van der Waals surface area contributed by atoms with Gasteiger partial charge in [0.2, 0.25) is 0 Å². The van der Waals surface area contributed by atoms with Crippen molar-refractivity contribution < 1.29 is 18.6 Å². The van der Waals surface area contributed by atoms with E-state index in [9.17, 15) is 13.9 Å². The predicted octanol–water partition coefficient (Wildman–Crippen LogP) is 4.13. The highest BCUT2D eigenvalue weighted by Crippen LogP contribution is 2.37. The molecule has 0 unspecified atom stereocenters. The first-order valence-corrected chi connectivity index (χ1v) is 8.65. The number of halogens is 2. The largest absolute Gasteiger partial charge is 0.504 e. The van der Waals surface area contributed by atoms with Crippen LogP contribution in [0.1, 0.15) is 11.1 Å². The molecule has 2 aromatic carbocycles. The van der Waals surface area contributed by atoms with Gasteiger partial charge in [-0.1, -0.05) is 6.07 Å². The Morgan fingerprint density at radius 2 is 2.00 bits per heavy atom. The number of aromatic hydroxyl groups is 1. The Balaban J connectivity index is 1.65. The highest BCUT2D eigenvalue weighted by molar-refractivity contribution is 5.68. The van der Waals surface area contributed by atoms with E-state index in [-0.39, 0.29) is 12.3 Å². The molecule has 1 N–H and O–H groups in total. The fourth-order valence-corrected chi connectivity index (χ4v) is 3.29. The first-order valence-electron chi connectivity index (χ1n) is 8.65. The van der Waals surface area contributed by atoms with Crippen LogP contribution in [-0.2, 0) is 13.1 Å². The van der Waals surface area contributed by atoms with Crippen molar-refractivity contribution in [2.24, 2.45) is 0 Å². The number of rotatable bonds is 3. The molecule has 0 amide bonds. The van der Waals surface area contributed by atoms with Crippen molar-refractivity contribution in [3.8, 4) is 22.6 Å². The Labute approximate surface area is 155 Å². The van der Waals surface area contributed by atoms with Gasteiger partial charge < -0.3 is 9.84 Å². The summed E-state index contributed by atoms with van der Waals surface area (Å²) >= 11 is 0. The van der Waals surface area contributed by atoms with Gasteiger partial charge in [-0.2, -0.15) is 0 Å². The second-order valence-corrected chi connectivity index (χ2v) is 6.52. The van der Waals surface area contributed by atoms with Crippen molar-refractivity contribution in [3.05, 3.63) is 77.6 Å². The zero-order valence-electron chi connectivity index (χ0n) is 14.5. The smallest absolute Gasteiger partial charge is 0.165 e. The molecule has 27 heavy (non-hydrogen) atoms. The monoisotopic (exact) mass is 368 g/mol. The Hall–Kier alpha value is -2.99. The third-order valence-electron chi connectivity index (χ3n) is 4.59. The first-order chi connectivity index (χ1) is 13.1. The van der Waals surface area contributed by atoms with Gasteiger partial charge in [0.15, 0.2) is 11.5 Å². The lowest BCUT2D eigenvalue weighted by Gasteiger charge is -2.20. The molecule has 6 heteroatoms. The summed E-state index contributed by atoms with van der Waals surface area (Å²) in [6, 6.07) is 10.8. The minimum atomic E-state index is -0.464. The molecule has 1 aliphatic rings. The molecule has 0 spiro atoms. The van der Waals surface area contributed by atoms with Crippen molar-refractivity contribution in [1.82, 2.24) is 9.88 Å². The van der Waals surface area contributed by atoms with Crippen LogP contribution in [0, 0.1) is 11.6 Å². The normalized spacial score (nSPS) is 14.3. The zero-order chi connectivity index (χ0) is 18.8. The molecule has 4 rings (SSSR count). The van der Waals surface area contributed by atoms with E-state index in [0.29, 0.717) is 31.0 Å². The third kappa shape index (κ3) is 3.75. The standard InChI is InChI=1S/C21H18F2N2O2/c22-18-3-4-19(23)16(9-18)12-25-6-7-27-21-17(13-25)8-15(10-20(21)26)14-2-1-5-24-11-14/h1-5,8-11,26H,6-7,12-13H2. The highest BCUT2D eigenvalue weighted by atomic mass is 19.1. The lowest BCUT2D eigenvalue weighted by Crippen LogP contribution is -2.25. The minimum Gasteiger partial charge on any atom is -0.504 e. The number of hydrogen-bond acceptors (Lipinski definition) is 4. The van der Waals surface area contributed by atoms with E-state index in [4.69, 9.17) is 4.74 Å². The Morgan fingerprint density at radius 3 is 2.81 bits per heavy atom. The number of phenolic OH excluding ortho intramolecular Hbond substituents is 1. The molecule has 0 saturated heterocycles. The maximum atomic E-state index is 14.0. The van der Waals surface area contributed by atoms with Crippen molar-refractivity contribution in [2.75, 3.05) is 13.2 Å². The Kier molecular flexibility index (Phi) is 4.73. The average Bonchev–Trinajstić information content (AvgIpc) is 2.87. The molecule has 0 atom stereocenters. The lowest BCUT2D eigenvalue weighted by atomic mass is 10.0. The SMILES string of the molecule is Oc1cc(-c2cccnc2)cc2c1OCCN(Cc1cc(F)ccc1F)C2. The molecule has 1 aromatic heterocycles. The number of nitrogens with zero attached hydrogens (tertiary/aromatic N) is 2. The summed E-state index contributed by atoms with van der Waals surface area (Å²) in [5, 5.41) is 10.4. The van der Waals surface area contributed by atoms with Gasteiger partial charge in [0.1, 0.15) is 18.2 Å². The number of aromatic nitrogens is 1. The van der Waals surface area contributed by atoms with Crippen LogP contribution in [0.15, 0.2) is 54.9 Å². The quantitative estimate of drug-likeness (QED) is 0.755. The number of hydrogen-bond donors (Lipinski definition) is 1. The van der Waals surface area contributed by atoms with Crippen molar-refractivity contribution >= 4 is 0 Å². The van der Waals surface area contributed by atoms with Crippen molar-refractivity contribution in [2.45, 2.75) is 13.1 Å². The highest BCUT2D eigenvalue weighted by Gasteiger charge is 2.21. The third-order valence-corrected chi connectivity index (χ3v) is 4.59. The molecule has 0 fully saturated rings. The maximum Gasteiger partial charge on any atom is 0.165 e. The number of ether oxygens (including phenoxy) is 1. The molecule has 0 radical (unpaired) electrons. The molecule has 2 heterocycles. The van der Waals surface area contributed by atoms with Crippen LogP contribution < -0.4 is 4.74 Å². The molecule has 138 valence electrons. The number of phenols is 1. The van der Waals surface area contributed by atoms with Crippen LogP contribution in [0.5, 0.6) is 11.5 Å². The fraction of sp³-hybridized carbons (Fsp3) is 0.190. The second kappa shape index (κ2) is 7.32. The number of pyridine rings is 1. The van der Waals surface area contributed by atoms with Gasteiger partial charge in [0.05, 0.1) is 0 Å². The van der Waals surface area contributed by atoms with E-state index < -0.39 is 11.6 Å². The Morgan fingerprint density at radius 1 is 1.11 bits per heavy atom. The van der Waals surface area contributed by atoms with Gasteiger partial charge in [0, 0.05) is 48.7 Å². The van der Waals surface area contributed by atoms with Gasteiger partial charge in [-0.3, -0.25) is 9.88 Å². The molecule has 0 bridgehead atoms. The van der Waals surface area contributed by atoms with Crippen LogP contribution in [0.4, 0.5) is 8.78 Å². The van der Waals surface area contributed by atoms with Crippen molar-refractivity contribution in [3.63, 3.8) is 0 Å². The summed E-state index contributed by atoms with van der Waals surface area (Å²) in [5.74, 6) is -0.405. The Bertz CT molecular complexity index is 964. The van der Waals surface area contributed by atoms with Gasteiger partial charge in [-0.25, -0.2) is 8.78 Å². The summed E-state index contributed by atoms with van der Waals surface area (Å²) in [5.41, 5.74) is 2.79. The summed E-state index contributed by atoms with van der Waals surface area (Å²) < 4.78 is 33.2. The van der Waals surface area contributed by atoms with E-state index in [1.165, 1.54) is 6.07 Å². The summed E-state index contributed by atoms with van der Waals surface area (Å²) in [6.07, 6.45) is 3.41. The average molecular weight is 368 g/mol. The lowest BCUT2D eigenvalue weighted by molar-refractivity contribution is 0.215. The molecule has 0 aliphatic carbocycles. The van der Waals surface area contributed by atoms with Crippen LogP contribution in [0.25, 0.3) is 11.1 Å². The maximum absolute atomic E-state index is 14.0. The van der Waals surface area contributed by atoms with Crippen LogP contribution >= 0.6 is 0 Å². The van der Waals surface area contributed by atoms with E-state index >= 15 is 0 Å². The molecule has 4 nitrogen and oxygen atoms in total. The van der Waals surface area contributed by atoms with Crippen LogP contribution in [-0.4, -0.2) is 28.1 Å². The van der Waals surface area contributed by atoms with E-state index in [1.807, 2.05) is 23.1 Å². The first kappa shape index (κ1) is 17.4. The van der Waals surface area contributed by atoms with Gasteiger partial charge in [-0.05, 0) is 42.0 Å². The van der Waals surface area contributed by atoms with Crippen LogP contribution in [0.3, 0.4) is 0 Å². The summed E-state index contributed by atoms with van der Waals surface area (Å²) in [7, 11) is 0. The van der Waals surface area contributed by atoms with Crippen LogP contribution in [0.2, 0.25) is 0 Å². The van der Waals surface area contributed by atoms with Crippen molar-refractivity contribution in [1.29, 1.82) is 0 Å². The zero-order valence-corrected chi connectivity index (χ0v) is 14.5. The number of fused-ring (bicyclic) bond motifs is 1. The van der Waals surface area contributed by atoms with E-state index in [0.717, 1.165) is 28.8 Å². The second-order valence-electron chi connectivity index (χ2n) is 6.52. The summed E-state index contributed by atoms with van der Waals surface area (Å²) in [4.78, 5) is 6.08. The molecule has 1 aliphatic heterocycles. The molecule has 0 saturated carbocycles. The number of benzene rings is 2. The topological polar surface area (TPSA) is 45.6 Å². The minimum absolute atomic E-state index is 0.0603. The van der Waals surface area contributed by atoms with E-state index in [2.05, 4.69) is 4.98 Å².